The van der Waals surface area contributed by atoms with E-state index in [1.807, 2.05) is 6.92 Å². The van der Waals surface area contributed by atoms with Gasteiger partial charge < -0.3 is 19.4 Å². The standard InChI is InChI=1S/C16H24BrN3O4/c1-11-14(15(17)12(2)24-11)16(22)20-7-5-19(6-8-20)10-13(21)18-4-9-23-3/h4-10H2,1-3H3,(H,18,21). The van der Waals surface area contributed by atoms with Gasteiger partial charge in [-0.15, -0.1) is 0 Å². The third-order valence-corrected chi connectivity index (χ3v) is 5.01. The lowest BCUT2D eigenvalue weighted by Gasteiger charge is -2.34. The molecule has 2 heterocycles. The Hall–Kier alpha value is -1.38. The summed E-state index contributed by atoms with van der Waals surface area (Å²) in [5.74, 6) is 1.29. The van der Waals surface area contributed by atoms with Crippen LogP contribution in [0.5, 0.6) is 0 Å². The second-order valence-corrected chi connectivity index (χ2v) is 6.61. The van der Waals surface area contributed by atoms with Gasteiger partial charge in [0.15, 0.2) is 0 Å². The molecule has 2 rings (SSSR count). The molecule has 0 radical (unpaired) electrons. The zero-order valence-electron chi connectivity index (χ0n) is 14.4. The molecule has 134 valence electrons. The minimum absolute atomic E-state index is 0.0177. The zero-order chi connectivity index (χ0) is 17.7. The SMILES string of the molecule is COCCNC(=O)CN1CCN(C(=O)c2c(C)oc(C)c2Br)CC1. The van der Waals surface area contributed by atoms with Gasteiger partial charge in [0.05, 0.1) is 23.2 Å². The Bertz CT molecular complexity index is 594. The molecule has 0 atom stereocenters. The van der Waals surface area contributed by atoms with Crippen molar-refractivity contribution in [1.29, 1.82) is 0 Å². The molecule has 8 heteroatoms. The van der Waals surface area contributed by atoms with E-state index in [-0.39, 0.29) is 11.8 Å². The fourth-order valence-corrected chi connectivity index (χ4v) is 3.25. The number of piperazine rings is 1. The molecule has 0 unspecified atom stereocenters. The Kier molecular flexibility index (Phi) is 6.82. The molecular formula is C16H24BrN3O4. The number of aryl methyl sites for hydroxylation is 2. The van der Waals surface area contributed by atoms with E-state index < -0.39 is 0 Å². The molecule has 0 spiro atoms. The number of hydrogen-bond donors (Lipinski definition) is 1. The Balaban J connectivity index is 1.84. The Morgan fingerprint density at radius 3 is 2.42 bits per heavy atom. The predicted octanol–water partition coefficient (Wildman–Crippen LogP) is 1.18. The van der Waals surface area contributed by atoms with Gasteiger partial charge in [-0.3, -0.25) is 14.5 Å². The summed E-state index contributed by atoms with van der Waals surface area (Å²) < 4.78 is 11.1. The van der Waals surface area contributed by atoms with Crippen molar-refractivity contribution in [3.63, 3.8) is 0 Å². The van der Waals surface area contributed by atoms with Crippen LogP contribution < -0.4 is 5.32 Å². The lowest BCUT2D eigenvalue weighted by molar-refractivity contribution is -0.122. The molecule has 7 nitrogen and oxygen atoms in total. The summed E-state index contributed by atoms with van der Waals surface area (Å²) in [7, 11) is 1.60. The molecule has 2 amide bonds. The summed E-state index contributed by atoms with van der Waals surface area (Å²) in [6.07, 6.45) is 0. The van der Waals surface area contributed by atoms with E-state index in [2.05, 4.69) is 26.1 Å². The third kappa shape index (κ3) is 4.58. The first-order chi connectivity index (χ1) is 11.4. The number of amides is 2. The van der Waals surface area contributed by atoms with Crippen LogP contribution in [0.25, 0.3) is 0 Å². The monoisotopic (exact) mass is 401 g/mol. The van der Waals surface area contributed by atoms with Crippen molar-refractivity contribution in [2.45, 2.75) is 13.8 Å². The van der Waals surface area contributed by atoms with Crippen LogP contribution in [-0.4, -0.2) is 74.6 Å². The van der Waals surface area contributed by atoms with Crippen LogP contribution in [0, 0.1) is 13.8 Å². The van der Waals surface area contributed by atoms with Gasteiger partial charge in [0, 0.05) is 39.8 Å². The lowest BCUT2D eigenvalue weighted by atomic mass is 10.2. The summed E-state index contributed by atoms with van der Waals surface area (Å²) in [6.45, 7) is 7.54. The van der Waals surface area contributed by atoms with Gasteiger partial charge in [0.2, 0.25) is 5.91 Å². The van der Waals surface area contributed by atoms with Gasteiger partial charge in [-0.1, -0.05) is 0 Å². The van der Waals surface area contributed by atoms with Crippen molar-refractivity contribution in [2.75, 3.05) is 53.0 Å². The fraction of sp³-hybridized carbons (Fsp3) is 0.625. The van der Waals surface area contributed by atoms with Crippen molar-refractivity contribution in [3.05, 3.63) is 21.6 Å². The van der Waals surface area contributed by atoms with Gasteiger partial charge >= 0.3 is 0 Å². The average molecular weight is 402 g/mol. The molecule has 0 aromatic carbocycles. The van der Waals surface area contributed by atoms with E-state index in [1.54, 1.807) is 18.9 Å². The van der Waals surface area contributed by atoms with Crippen LogP contribution in [0.3, 0.4) is 0 Å². The number of nitrogens with zero attached hydrogens (tertiary/aromatic N) is 2. The highest BCUT2D eigenvalue weighted by atomic mass is 79.9. The molecule has 1 saturated heterocycles. The highest BCUT2D eigenvalue weighted by Crippen LogP contribution is 2.28. The third-order valence-electron chi connectivity index (χ3n) is 4.06. The molecule has 1 aromatic rings. The number of carbonyl (C=O) groups excluding carboxylic acids is 2. The summed E-state index contributed by atoms with van der Waals surface area (Å²) in [6, 6.07) is 0. The first kappa shape index (κ1) is 19.0. The van der Waals surface area contributed by atoms with Crippen LogP contribution in [0.2, 0.25) is 0 Å². The van der Waals surface area contributed by atoms with Gasteiger partial charge in [0.25, 0.3) is 5.91 Å². The molecule has 1 aliphatic heterocycles. The van der Waals surface area contributed by atoms with Crippen LogP contribution in [-0.2, 0) is 9.53 Å². The highest BCUT2D eigenvalue weighted by Gasteiger charge is 2.28. The number of furan rings is 1. The van der Waals surface area contributed by atoms with Crippen molar-refractivity contribution in [3.8, 4) is 0 Å². The molecule has 24 heavy (non-hydrogen) atoms. The number of halogens is 1. The molecule has 1 fully saturated rings. The molecule has 0 aliphatic carbocycles. The molecule has 0 saturated carbocycles. The first-order valence-corrected chi connectivity index (χ1v) is 8.76. The number of nitrogens with one attached hydrogen (secondary N) is 1. The van der Waals surface area contributed by atoms with Crippen LogP contribution in [0.15, 0.2) is 8.89 Å². The maximum absolute atomic E-state index is 12.7. The minimum atomic E-state index is -0.0274. The van der Waals surface area contributed by atoms with E-state index in [0.717, 1.165) is 4.47 Å². The van der Waals surface area contributed by atoms with Crippen molar-refractivity contribution in [2.24, 2.45) is 0 Å². The second kappa shape index (κ2) is 8.64. The average Bonchev–Trinajstić information content (AvgIpc) is 2.80. The van der Waals surface area contributed by atoms with Crippen LogP contribution in [0.4, 0.5) is 0 Å². The topological polar surface area (TPSA) is 75.0 Å². The van der Waals surface area contributed by atoms with Crippen molar-refractivity contribution < 1.29 is 18.7 Å². The Morgan fingerprint density at radius 1 is 1.21 bits per heavy atom. The molecule has 0 bridgehead atoms. The van der Waals surface area contributed by atoms with E-state index in [1.165, 1.54) is 0 Å². The summed E-state index contributed by atoms with van der Waals surface area (Å²) >= 11 is 3.43. The maximum Gasteiger partial charge on any atom is 0.258 e. The predicted molar refractivity (Wildman–Crippen MR) is 93.1 cm³/mol. The number of carbonyl (C=O) groups is 2. The van der Waals surface area contributed by atoms with E-state index in [0.29, 0.717) is 63.0 Å². The second-order valence-electron chi connectivity index (χ2n) is 5.81. The smallest absolute Gasteiger partial charge is 0.258 e. The van der Waals surface area contributed by atoms with Crippen molar-refractivity contribution >= 4 is 27.7 Å². The molecule has 1 aliphatic rings. The maximum atomic E-state index is 12.7. The number of hydrogen-bond acceptors (Lipinski definition) is 5. The van der Waals surface area contributed by atoms with Gasteiger partial charge in [-0.2, -0.15) is 0 Å². The quantitative estimate of drug-likeness (QED) is 0.724. The Morgan fingerprint density at radius 2 is 1.88 bits per heavy atom. The summed E-state index contributed by atoms with van der Waals surface area (Å²) in [4.78, 5) is 28.3. The minimum Gasteiger partial charge on any atom is -0.465 e. The molecule has 1 N–H and O–H groups in total. The van der Waals surface area contributed by atoms with Gasteiger partial charge in [-0.25, -0.2) is 0 Å². The molecular weight excluding hydrogens is 378 g/mol. The summed E-state index contributed by atoms with van der Waals surface area (Å²) in [5.41, 5.74) is 0.596. The van der Waals surface area contributed by atoms with Gasteiger partial charge in [-0.05, 0) is 29.8 Å². The van der Waals surface area contributed by atoms with Crippen LogP contribution in [0.1, 0.15) is 21.9 Å². The Labute approximate surface area is 150 Å². The zero-order valence-corrected chi connectivity index (χ0v) is 15.9. The van der Waals surface area contributed by atoms with E-state index in [4.69, 9.17) is 9.15 Å². The van der Waals surface area contributed by atoms with Crippen molar-refractivity contribution in [1.82, 2.24) is 15.1 Å². The number of methoxy groups -OCH3 is 1. The number of ether oxygens (including phenoxy) is 1. The van der Waals surface area contributed by atoms with Gasteiger partial charge in [0.1, 0.15) is 11.5 Å². The molecule has 1 aromatic heterocycles. The largest absolute Gasteiger partial charge is 0.465 e. The van der Waals surface area contributed by atoms with E-state index >= 15 is 0 Å². The summed E-state index contributed by atoms with van der Waals surface area (Å²) in [5, 5.41) is 2.80. The first-order valence-electron chi connectivity index (χ1n) is 7.96. The van der Waals surface area contributed by atoms with E-state index in [9.17, 15) is 9.59 Å². The lowest BCUT2D eigenvalue weighted by Crippen LogP contribution is -2.51. The van der Waals surface area contributed by atoms with Crippen LogP contribution >= 0.6 is 15.9 Å². The normalized spacial score (nSPS) is 15.6. The fourth-order valence-electron chi connectivity index (χ4n) is 2.72. The highest BCUT2D eigenvalue weighted by molar-refractivity contribution is 9.10. The number of rotatable bonds is 6.